The molecule has 0 aliphatic carbocycles. The lowest BCUT2D eigenvalue weighted by atomic mass is 9.90. The van der Waals surface area contributed by atoms with Crippen molar-refractivity contribution >= 4 is 34.8 Å². The minimum Gasteiger partial charge on any atom is -0.480 e. The van der Waals surface area contributed by atoms with E-state index >= 15 is 0 Å². The Morgan fingerprint density at radius 3 is 2.17 bits per heavy atom. The summed E-state index contributed by atoms with van der Waals surface area (Å²) in [6.07, 6.45) is 0.00112. The van der Waals surface area contributed by atoms with Gasteiger partial charge in [0.05, 0.1) is 5.71 Å². The average Bonchev–Trinajstić information content (AvgIpc) is 2.47. The Morgan fingerprint density at radius 1 is 1.13 bits per heavy atom. The van der Waals surface area contributed by atoms with E-state index in [1.807, 2.05) is 6.92 Å². The molecule has 6 heteroatoms. The maximum Gasteiger partial charge on any atom is 0.320 e. The molecule has 0 amide bonds. The van der Waals surface area contributed by atoms with Crippen molar-refractivity contribution < 1.29 is 14.7 Å². The van der Waals surface area contributed by atoms with Crippen LogP contribution in [0.4, 0.5) is 0 Å². The highest BCUT2D eigenvalue weighted by molar-refractivity contribution is 6.31. The standard InChI is InChI=1S/C17H21ClN2O3/c1-4-19-11(3)10-14(21)15(17(22)23)16(20-5-2)12-6-8-13(18)9-7-12/h6-9,15H,4-5,10H2,1-3H3,(H,22,23). The second kappa shape index (κ2) is 9.20. The summed E-state index contributed by atoms with van der Waals surface area (Å²) >= 11 is 5.86. The van der Waals surface area contributed by atoms with E-state index in [9.17, 15) is 14.7 Å². The summed E-state index contributed by atoms with van der Waals surface area (Å²) in [5.74, 6) is -2.94. The molecule has 1 aromatic rings. The minimum atomic E-state index is -1.31. The summed E-state index contributed by atoms with van der Waals surface area (Å²) in [6.45, 7) is 6.32. The number of aliphatic carboxylic acids is 1. The van der Waals surface area contributed by atoms with Gasteiger partial charge in [-0.1, -0.05) is 23.7 Å². The molecule has 1 aromatic carbocycles. The van der Waals surface area contributed by atoms with Crippen molar-refractivity contribution in [1.29, 1.82) is 0 Å². The molecular weight excluding hydrogens is 316 g/mol. The van der Waals surface area contributed by atoms with Gasteiger partial charge in [0.2, 0.25) is 0 Å². The number of halogens is 1. The summed E-state index contributed by atoms with van der Waals surface area (Å²) in [5.41, 5.74) is 1.46. The Morgan fingerprint density at radius 2 is 1.70 bits per heavy atom. The number of benzene rings is 1. The fraction of sp³-hybridized carbons (Fsp3) is 0.412. The third-order valence-electron chi connectivity index (χ3n) is 3.17. The largest absolute Gasteiger partial charge is 0.480 e. The first-order valence-electron chi connectivity index (χ1n) is 7.46. The number of hydrogen-bond donors (Lipinski definition) is 1. The smallest absolute Gasteiger partial charge is 0.320 e. The number of ketones is 1. The monoisotopic (exact) mass is 336 g/mol. The molecule has 1 N–H and O–H groups in total. The van der Waals surface area contributed by atoms with E-state index in [1.54, 1.807) is 38.1 Å². The van der Waals surface area contributed by atoms with Gasteiger partial charge in [-0.15, -0.1) is 0 Å². The molecule has 0 aliphatic heterocycles. The van der Waals surface area contributed by atoms with Crippen LogP contribution in [0.2, 0.25) is 5.02 Å². The van der Waals surface area contributed by atoms with E-state index in [2.05, 4.69) is 9.98 Å². The number of Topliss-reactive ketones (excluding diaryl/α,β-unsaturated/α-hetero) is 1. The molecule has 0 spiro atoms. The molecule has 0 radical (unpaired) electrons. The highest BCUT2D eigenvalue weighted by Gasteiger charge is 2.32. The highest BCUT2D eigenvalue weighted by Crippen LogP contribution is 2.17. The Kier molecular flexibility index (Phi) is 7.62. The molecule has 124 valence electrons. The molecule has 0 aromatic heterocycles. The van der Waals surface area contributed by atoms with Crippen molar-refractivity contribution in [3.63, 3.8) is 0 Å². The first-order valence-corrected chi connectivity index (χ1v) is 7.84. The van der Waals surface area contributed by atoms with Gasteiger partial charge in [-0.25, -0.2) is 0 Å². The number of aliphatic imine (C=N–C) groups is 2. The first-order chi connectivity index (χ1) is 10.9. The molecule has 1 rings (SSSR count). The molecule has 0 heterocycles. The topological polar surface area (TPSA) is 79.1 Å². The average molecular weight is 337 g/mol. The zero-order valence-electron chi connectivity index (χ0n) is 13.5. The maximum absolute atomic E-state index is 12.5. The molecule has 0 aliphatic rings. The van der Waals surface area contributed by atoms with Crippen LogP contribution >= 0.6 is 11.6 Å². The first kappa shape index (κ1) is 19.0. The van der Waals surface area contributed by atoms with Gasteiger partial charge in [-0.3, -0.25) is 19.6 Å². The molecule has 0 bridgehead atoms. The molecule has 0 fully saturated rings. The summed E-state index contributed by atoms with van der Waals surface area (Å²) in [4.78, 5) is 32.5. The summed E-state index contributed by atoms with van der Waals surface area (Å²) in [6, 6.07) is 6.64. The molecule has 0 saturated carbocycles. The number of rotatable bonds is 8. The molecule has 1 unspecified atom stereocenters. The van der Waals surface area contributed by atoms with Crippen molar-refractivity contribution in [1.82, 2.24) is 0 Å². The van der Waals surface area contributed by atoms with Crippen LogP contribution in [-0.2, 0) is 9.59 Å². The Balaban J connectivity index is 3.20. The van der Waals surface area contributed by atoms with Crippen molar-refractivity contribution in [2.75, 3.05) is 13.1 Å². The van der Waals surface area contributed by atoms with Crippen molar-refractivity contribution in [2.24, 2.45) is 15.9 Å². The van der Waals surface area contributed by atoms with Crippen LogP contribution in [0.3, 0.4) is 0 Å². The third kappa shape index (κ3) is 5.60. The third-order valence-corrected chi connectivity index (χ3v) is 3.42. The second-order valence-corrected chi connectivity index (χ2v) is 5.43. The SMILES string of the molecule is CCN=C(C)CC(=O)C(C(=O)O)C(=NCC)c1ccc(Cl)cc1. The fourth-order valence-electron chi connectivity index (χ4n) is 2.23. The quantitative estimate of drug-likeness (QED) is 0.584. The lowest BCUT2D eigenvalue weighted by molar-refractivity contribution is -0.142. The number of carboxylic acids is 1. The summed E-state index contributed by atoms with van der Waals surface area (Å²) in [7, 11) is 0. The van der Waals surface area contributed by atoms with Crippen molar-refractivity contribution in [3.8, 4) is 0 Å². The van der Waals surface area contributed by atoms with Gasteiger partial charge < -0.3 is 5.11 Å². The zero-order valence-corrected chi connectivity index (χ0v) is 14.3. The normalized spacial score (nSPS) is 13.7. The number of nitrogens with zero attached hydrogens (tertiary/aromatic N) is 2. The van der Waals surface area contributed by atoms with Crippen molar-refractivity contribution in [3.05, 3.63) is 34.9 Å². The number of carbonyl (C=O) groups is 2. The van der Waals surface area contributed by atoms with Crippen LogP contribution in [0.25, 0.3) is 0 Å². The van der Waals surface area contributed by atoms with Crippen LogP contribution in [-0.4, -0.2) is 41.4 Å². The van der Waals surface area contributed by atoms with E-state index in [-0.39, 0.29) is 12.1 Å². The van der Waals surface area contributed by atoms with Crippen LogP contribution in [0.15, 0.2) is 34.3 Å². The Labute approximate surface area is 141 Å². The van der Waals surface area contributed by atoms with Crippen LogP contribution in [0.1, 0.15) is 32.8 Å². The Hall–Kier alpha value is -2.01. The molecule has 5 nitrogen and oxygen atoms in total. The van der Waals surface area contributed by atoms with Gasteiger partial charge in [0.15, 0.2) is 11.7 Å². The van der Waals surface area contributed by atoms with E-state index in [4.69, 9.17) is 11.6 Å². The minimum absolute atomic E-state index is 0.00112. The predicted octanol–water partition coefficient (Wildman–Crippen LogP) is 3.29. The highest BCUT2D eigenvalue weighted by atomic mass is 35.5. The summed E-state index contributed by atoms with van der Waals surface area (Å²) < 4.78 is 0. The Bertz CT molecular complexity index is 621. The molecule has 0 saturated heterocycles. The number of hydrogen-bond acceptors (Lipinski definition) is 4. The van der Waals surface area contributed by atoms with Gasteiger partial charge in [-0.2, -0.15) is 0 Å². The van der Waals surface area contributed by atoms with E-state index in [0.717, 1.165) is 0 Å². The lowest BCUT2D eigenvalue weighted by Crippen LogP contribution is -2.33. The second-order valence-electron chi connectivity index (χ2n) is 4.99. The van der Waals surface area contributed by atoms with Gasteiger partial charge in [0.25, 0.3) is 0 Å². The van der Waals surface area contributed by atoms with Gasteiger partial charge >= 0.3 is 5.97 Å². The lowest BCUT2D eigenvalue weighted by Gasteiger charge is -2.15. The van der Waals surface area contributed by atoms with E-state index in [0.29, 0.717) is 29.4 Å². The van der Waals surface area contributed by atoms with E-state index in [1.165, 1.54) is 0 Å². The number of carbonyl (C=O) groups excluding carboxylic acids is 1. The molecular formula is C17H21ClN2O3. The fourth-order valence-corrected chi connectivity index (χ4v) is 2.35. The van der Waals surface area contributed by atoms with Gasteiger partial charge in [0.1, 0.15) is 0 Å². The van der Waals surface area contributed by atoms with Crippen LogP contribution in [0.5, 0.6) is 0 Å². The van der Waals surface area contributed by atoms with Crippen molar-refractivity contribution in [2.45, 2.75) is 27.2 Å². The summed E-state index contributed by atoms with van der Waals surface area (Å²) in [5, 5.41) is 10.1. The van der Waals surface area contributed by atoms with Crippen LogP contribution in [0, 0.1) is 5.92 Å². The van der Waals surface area contributed by atoms with Gasteiger partial charge in [0, 0.05) is 30.2 Å². The number of carboxylic acid groups (broad SMARTS) is 1. The van der Waals surface area contributed by atoms with Crippen LogP contribution < -0.4 is 0 Å². The van der Waals surface area contributed by atoms with E-state index < -0.39 is 17.7 Å². The van der Waals surface area contributed by atoms with Gasteiger partial charge in [-0.05, 0) is 38.5 Å². The zero-order chi connectivity index (χ0) is 17.4. The maximum atomic E-state index is 12.5. The predicted molar refractivity (Wildman–Crippen MR) is 92.9 cm³/mol. The molecule has 1 atom stereocenters. The molecule has 23 heavy (non-hydrogen) atoms.